The lowest BCUT2D eigenvalue weighted by Crippen LogP contribution is -2.55. The van der Waals surface area contributed by atoms with Gasteiger partial charge in [-0.15, -0.1) is 0 Å². The molecule has 0 heterocycles. The molecule has 0 N–H and O–H groups in total. The summed E-state index contributed by atoms with van der Waals surface area (Å²) in [6.07, 6.45) is 4.86. The lowest BCUT2D eigenvalue weighted by Gasteiger charge is -2.50. The highest BCUT2D eigenvalue weighted by atomic mass is 28.4. The van der Waals surface area contributed by atoms with E-state index < -0.39 is 8.32 Å². The lowest BCUT2D eigenvalue weighted by atomic mass is 10.2. The standard InChI is InChI=1S/C18H36O2Si/c1-10-11-12-13-14-21(17(4,5)6,18(7,8)9)20-16(19)15(2)3/h2,10-14H2,1,3-9H3. The zero-order valence-electron chi connectivity index (χ0n) is 15.6. The first-order valence-electron chi connectivity index (χ1n) is 8.28. The summed E-state index contributed by atoms with van der Waals surface area (Å²) in [6, 6.07) is 1.04. The highest BCUT2D eigenvalue weighted by Crippen LogP contribution is 2.54. The second-order valence-electron chi connectivity index (χ2n) is 8.31. The molecule has 0 bridgehead atoms. The molecule has 0 aliphatic rings. The summed E-state index contributed by atoms with van der Waals surface area (Å²) < 4.78 is 6.21. The third-order valence-corrected chi connectivity index (χ3v) is 10.9. The van der Waals surface area contributed by atoms with E-state index in [9.17, 15) is 4.79 Å². The smallest absolute Gasteiger partial charge is 0.319 e. The molecule has 0 aromatic heterocycles. The Morgan fingerprint density at radius 3 is 1.81 bits per heavy atom. The average Bonchev–Trinajstić information content (AvgIpc) is 2.29. The predicted molar refractivity (Wildman–Crippen MR) is 95.0 cm³/mol. The minimum atomic E-state index is -2.28. The maximum atomic E-state index is 12.3. The van der Waals surface area contributed by atoms with Crippen LogP contribution in [-0.2, 0) is 9.22 Å². The summed E-state index contributed by atoms with van der Waals surface area (Å²) in [5.41, 5.74) is 0.508. The Hall–Kier alpha value is -0.573. The molecule has 0 aromatic rings. The van der Waals surface area contributed by atoms with Gasteiger partial charge in [-0.25, -0.2) is 4.79 Å². The van der Waals surface area contributed by atoms with Crippen molar-refractivity contribution in [3.8, 4) is 0 Å². The minimum Gasteiger partial charge on any atom is -0.515 e. The summed E-state index contributed by atoms with van der Waals surface area (Å²) in [6.45, 7) is 21.1. The zero-order valence-corrected chi connectivity index (χ0v) is 16.6. The average molecular weight is 313 g/mol. The van der Waals surface area contributed by atoms with E-state index in [1.165, 1.54) is 19.3 Å². The van der Waals surface area contributed by atoms with E-state index >= 15 is 0 Å². The lowest BCUT2D eigenvalue weighted by molar-refractivity contribution is -0.131. The molecular weight excluding hydrogens is 276 g/mol. The normalized spacial score (nSPS) is 13.1. The van der Waals surface area contributed by atoms with Crippen molar-refractivity contribution < 1.29 is 9.22 Å². The van der Waals surface area contributed by atoms with Crippen molar-refractivity contribution in [2.45, 2.75) is 97.2 Å². The van der Waals surface area contributed by atoms with Gasteiger partial charge in [0.05, 0.1) is 0 Å². The predicted octanol–water partition coefficient (Wildman–Crippen LogP) is 6.23. The Bertz CT molecular complexity index is 344. The van der Waals surface area contributed by atoms with Gasteiger partial charge in [-0.1, -0.05) is 80.7 Å². The Labute approximate surface area is 133 Å². The second kappa shape index (κ2) is 7.62. The number of carbonyl (C=O) groups excluding carboxylic acids is 1. The molecule has 0 atom stereocenters. The van der Waals surface area contributed by atoms with Crippen LogP contribution < -0.4 is 0 Å². The van der Waals surface area contributed by atoms with Gasteiger partial charge in [0.2, 0.25) is 0 Å². The van der Waals surface area contributed by atoms with Crippen LogP contribution in [0.1, 0.15) is 81.1 Å². The zero-order chi connectivity index (χ0) is 16.9. The monoisotopic (exact) mass is 312 g/mol. The van der Waals surface area contributed by atoms with Crippen molar-refractivity contribution >= 4 is 14.3 Å². The van der Waals surface area contributed by atoms with E-state index in [-0.39, 0.29) is 16.0 Å². The van der Waals surface area contributed by atoms with Gasteiger partial charge in [-0.05, 0) is 23.0 Å². The first-order valence-corrected chi connectivity index (χ1v) is 10.4. The molecule has 21 heavy (non-hydrogen) atoms. The second-order valence-corrected chi connectivity index (χ2v) is 13.7. The molecule has 0 radical (unpaired) electrons. The van der Waals surface area contributed by atoms with E-state index in [1.807, 2.05) is 0 Å². The van der Waals surface area contributed by atoms with E-state index in [2.05, 4.69) is 55.0 Å². The highest BCUT2D eigenvalue weighted by molar-refractivity contribution is 6.80. The van der Waals surface area contributed by atoms with Crippen LogP contribution in [0.4, 0.5) is 0 Å². The molecule has 0 fully saturated rings. The van der Waals surface area contributed by atoms with Gasteiger partial charge >= 0.3 is 5.97 Å². The minimum absolute atomic E-state index is 0.0164. The first-order chi connectivity index (χ1) is 9.39. The van der Waals surface area contributed by atoms with Crippen LogP contribution in [0.5, 0.6) is 0 Å². The van der Waals surface area contributed by atoms with Gasteiger partial charge in [0.25, 0.3) is 8.32 Å². The van der Waals surface area contributed by atoms with Crippen molar-refractivity contribution in [1.29, 1.82) is 0 Å². The van der Waals surface area contributed by atoms with Crippen molar-refractivity contribution in [2.75, 3.05) is 0 Å². The van der Waals surface area contributed by atoms with Crippen LogP contribution in [0, 0.1) is 0 Å². The molecule has 0 saturated carbocycles. The van der Waals surface area contributed by atoms with Crippen LogP contribution in [-0.4, -0.2) is 14.3 Å². The van der Waals surface area contributed by atoms with Gasteiger partial charge in [0.1, 0.15) is 0 Å². The fourth-order valence-corrected chi connectivity index (χ4v) is 8.98. The van der Waals surface area contributed by atoms with Crippen molar-refractivity contribution in [1.82, 2.24) is 0 Å². The first kappa shape index (κ1) is 20.4. The quantitative estimate of drug-likeness (QED) is 0.316. The third-order valence-electron chi connectivity index (χ3n) is 4.42. The fraction of sp³-hybridized carbons (Fsp3) is 0.833. The molecule has 0 aliphatic heterocycles. The number of carbonyl (C=O) groups is 1. The molecule has 3 heteroatoms. The molecule has 0 aromatic carbocycles. The van der Waals surface area contributed by atoms with E-state index in [4.69, 9.17) is 4.43 Å². The van der Waals surface area contributed by atoms with Crippen molar-refractivity contribution in [3.63, 3.8) is 0 Å². The van der Waals surface area contributed by atoms with E-state index in [0.29, 0.717) is 5.57 Å². The molecule has 0 saturated heterocycles. The summed E-state index contributed by atoms with van der Waals surface area (Å²) in [5, 5.41) is 0.0329. The highest BCUT2D eigenvalue weighted by Gasteiger charge is 2.57. The van der Waals surface area contributed by atoms with Gasteiger partial charge in [0, 0.05) is 5.57 Å². The molecular formula is C18H36O2Si. The number of hydrogen-bond donors (Lipinski definition) is 0. The SMILES string of the molecule is C=C(C)C(=O)O[Si](CCCCCC)(C(C)(C)C)C(C)(C)C. The molecule has 124 valence electrons. The van der Waals surface area contributed by atoms with Crippen LogP contribution in [0.15, 0.2) is 12.2 Å². The number of rotatable bonds is 7. The molecule has 0 spiro atoms. The van der Waals surface area contributed by atoms with Gasteiger partial charge in [0.15, 0.2) is 0 Å². The van der Waals surface area contributed by atoms with Crippen LogP contribution in [0.3, 0.4) is 0 Å². The molecule has 0 aliphatic carbocycles. The Kier molecular flexibility index (Phi) is 7.41. The van der Waals surface area contributed by atoms with Crippen LogP contribution in [0.25, 0.3) is 0 Å². The topological polar surface area (TPSA) is 26.3 Å². The van der Waals surface area contributed by atoms with E-state index in [1.54, 1.807) is 6.92 Å². The maximum absolute atomic E-state index is 12.3. The van der Waals surface area contributed by atoms with Crippen molar-refractivity contribution in [2.24, 2.45) is 0 Å². The maximum Gasteiger partial charge on any atom is 0.319 e. The summed E-state index contributed by atoms with van der Waals surface area (Å²) in [4.78, 5) is 12.3. The Morgan fingerprint density at radius 1 is 1.00 bits per heavy atom. The fourth-order valence-electron chi connectivity index (χ4n) is 3.28. The van der Waals surface area contributed by atoms with Gasteiger partial charge in [-0.2, -0.15) is 0 Å². The molecule has 2 nitrogen and oxygen atoms in total. The summed E-state index contributed by atoms with van der Waals surface area (Å²) >= 11 is 0. The molecule has 0 unspecified atom stereocenters. The van der Waals surface area contributed by atoms with E-state index in [0.717, 1.165) is 12.5 Å². The van der Waals surface area contributed by atoms with Crippen LogP contribution >= 0.6 is 0 Å². The summed E-state index contributed by atoms with van der Waals surface area (Å²) in [7, 11) is -2.28. The van der Waals surface area contributed by atoms with Crippen LogP contribution in [0.2, 0.25) is 16.1 Å². The third kappa shape index (κ3) is 5.28. The number of unbranched alkanes of at least 4 members (excludes halogenated alkanes) is 3. The summed E-state index contributed by atoms with van der Waals surface area (Å²) in [5.74, 6) is -0.206. The Balaban J connectivity index is 5.46. The number of hydrogen-bond acceptors (Lipinski definition) is 2. The largest absolute Gasteiger partial charge is 0.515 e. The molecule has 0 amide bonds. The van der Waals surface area contributed by atoms with Crippen molar-refractivity contribution in [3.05, 3.63) is 12.2 Å². The van der Waals surface area contributed by atoms with Gasteiger partial charge in [-0.3, -0.25) is 0 Å². The Morgan fingerprint density at radius 2 is 1.48 bits per heavy atom. The molecule has 0 rings (SSSR count). The van der Waals surface area contributed by atoms with Gasteiger partial charge < -0.3 is 4.43 Å².